The van der Waals surface area contributed by atoms with Crippen molar-refractivity contribution in [2.75, 3.05) is 20.1 Å². The Morgan fingerprint density at radius 2 is 2.28 bits per heavy atom. The molecule has 2 fully saturated rings. The van der Waals surface area contributed by atoms with E-state index >= 15 is 0 Å². The van der Waals surface area contributed by atoms with Gasteiger partial charge in [0.15, 0.2) is 0 Å². The molecule has 0 bridgehead atoms. The molecule has 6 heteroatoms. The van der Waals surface area contributed by atoms with Gasteiger partial charge in [0, 0.05) is 32.6 Å². The average molecular weight is 255 g/mol. The van der Waals surface area contributed by atoms with Gasteiger partial charge in [-0.05, 0) is 19.3 Å². The van der Waals surface area contributed by atoms with Gasteiger partial charge in [-0.3, -0.25) is 9.59 Å². The van der Waals surface area contributed by atoms with Crippen LogP contribution in [0, 0.1) is 0 Å². The number of nitrogens with two attached hydrogens (primary N) is 1. The molecule has 102 valence electrons. The summed E-state index contributed by atoms with van der Waals surface area (Å²) >= 11 is 0. The fourth-order valence-corrected chi connectivity index (χ4v) is 2.50. The molecule has 0 aromatic heterocycles. The maximum absolute atomic E-state index is 12.0. The molecule has 3 N–H and O–H groups in total. The SMILES string of the molecule is CN1CC(NC(=O)[C@@H]2CC[C@H](CN)O2)CCC1=O. The van der Waals surface area contributed by atoms with Gasteiger partial charge in [0.25, 0.3) is 0 Å². The van der Waals surface area contributed by atoms with E-state index in [9.17, 15) is 9.59 Å². The number of nitrogens with one attached hydrogen (secondary N) is 1. The number of hydrogen-bond donors (Lipinski definition) is 2. The zero-order valence-electron chi connectivity index (χ0n) is 10.7. The third kappa shape index (κ3) is 3.00. The number of nitrogens with zero attached hydrogens (tertiary/aromatic N) is 1. The number of carbonyl (C=O) groups is 2. The predicted molar refractivity (Wildman–Crippen MR) is 65.8 cm³/mol. The van der Waals surface area contributed by atoms with Crippen LogP contribution in [0.3, 0.4) is 0 Å². The maximum Gasteiger partial charge on any atom is 0.249 e. The van der Waals surface area contributed by atoms with Crippen LogP contribution < -0.4 is 11.1 Å². The number of likely N-dealkylation sites (tertiary alicyclic amines) is 1. The highest BCUT2D eigenvalue weighted by atomic mass is 16.5. The maximum atomic E-state index is 12.0. The number of carbonyl (C=O) groups excluding carboxylic acids is 2. The third-order valence-electron chi connectivity index (χ3n) is 3.64. The Kier molecular flexibility index (Phi) is 4.19. The zero-order chi connectivity index (χ0) is 13.1. The molecule has 0 aromatic rings. The first-order valence-electron chi connectivity index (χ1n) is 6.50. The fraction of sp³-hybridized carbons (Fsp3) is 0.833. The van der Waals surface area contributed by atoms with Crippen molar-refractivity contribution < 1.29 is 14.3 Å². The molecule has 2 aliphatic rings. The molecule has 6 nitrogen and oxygen atoms in total. The van der Waals surface area contributed by atoms with Crippen LogP contribution >= 0.6 is 0 Å². The summed E-state index contributed by atoms with van der Waals surface area (Å²) in [5.41, 5.74) is 5.51. The van der Waals surface area contributed by atoms with E-state index in [1.54, 1.807) is 11.9 Å². The Bertz CT molecular complexity index is 335. The van der Waals surface area contributed by atoms with E-state index in [0.717, 1.165) is 12.8 Å². The number of ether oxygens (including phenoxy) is 1. The molecule has 2 aliphatic heterocycles. The van der Waals surface area contributed by atoms with Gasteiger partial charge in [-0.2, -0.15) is 0 Å². The number of likely N-dealkylation sites (N-methyl/N-ethyl adjacent to an activating group) is 1. The second kappa shape index (κ2) is 5.67. The van der Waals surface area contributed by atoms with E-state index in [2.05, 4.69) is 5.32 Å². The Balaban J connectivity index is 1.79. The van der Waals surface area contributed by atoms with Crippen LogP contribution in [0.2, 0.25) is 0 Å². The summed E-state index contributed by atoms with van der Waals surface area (Å²) in [6.07, 6.45) is 2.42. The van der Waals surface area contributed by atoms with Crippen molar-refractivity contribution in [1.82, 2.24) is 10.2 Å². The van der Waals surface area contributed by atoms with Crippen LogP contribution in [-0.4, -0.2) is 55.1 Å². The van der Waals surface area contributed by atoms with Crippen molar-refractivity contribution >= 4 is 11.8 Å². The number of rotatable bonds is 3. The Labute approximate surface area is 107 Å². The summed E-state index contributed by atoms with van der Waals surface area (Å²) in [6.45, 7) is 1.04. The van der Waals surface area contributed by atoms with Crippen LogP contribution in [0.4, 0.5) is 0 Å². The molecular weight excluding hydrogens is 234 g/mol. The Morgan fingerprint density at radius 1 is 1.50 bits per heavy atom. The van der Waals surface area contributed by atoms with Gasteiger partial charge in [-0.15, -0.1) is 0 Å². The summed E-state index contributed by atoms with van der Waals surface area (Å²) in [5.74, 6) is 0.0690. The molecule has 0 spiro atoms. The van der Waals surface area contributed by atoms with Crippen molar-refractivity contribution in [2.45, 2.75) is 43.9 Å². The summed E-state index contributed by atoms with van der Waals surface area (Å²) < 4.78 is 5.54. The van der Waals surface area contributed by atoms with E-state index in [1.165, 1.54) is 0 Å². The molecule has 0 aromatic carbocycles. The summed E-state index contributed by atoms with van der Waals surface area (Å²) in [6, 6.07) is 0.0423. The van der Waals surface area contributed by atoms with Crippen LogP contribution in [0.1, 0.15) is 25.7 Å². The highest BCUT2D eigenvalue weighted by Crippen LogP contribution is 2.19. The van der Waals surface area contributed by atoms with Gasteiger partial charge >= 0.3 is 0 Å². The van der Waals surface area contributed by atoms with E-state index in [0.29, 0.717) is 25.9 Å². The molecule has 3 atom stereocenters. The van der Waals surface area contributed by atoms with Crippen molar-refractivity contribution in [2.24, 2.45) is 5.73 Å². The normalized spacial score (nSPS) is 32.7. The molecule has 0 radical (unpaired) electrons. The van der Waals surface area contributed by atoms with E-state index in [4.69, 9.17) is 10.5 Å². The second-order valence-corrected chi connectivity index (χ2v) is 5.08. The lowest BCUT2D eigenvalue weighted by Crippen LogP contribution is -2.50. The molecule has 2 heterocycles. The molecule has 2 rings (SSSR count). The first-order valence-corrected chi connectivity index (χ1v) is 6.50. The molecule has 0 aliphatic carbocycles. The second-order valence-electron chi connectivity index (χ2n) is 5.08. The van der Waals surface area contributed by atoms with Crippen molar-refractivity contribution in [3.63, 3.8) is 0 Å². The van der Waals surface area contributed by atoms with E-state index in [1.807, 2.05) is 0 Å². The van der Waals surface area contributed by atoms with Crippen molar-refractivity contribution in [3.8, 4) is 0 Å². The highest BCUT2D eigenvalue weighted by Gasteiger charge is 2.32. The van der Waals surface area contributed by atoms with Crippen molar-refractivity contribution in [1.29, 1.82) is 0 Å². The number of amides is 2. The third-order valence-corrected chi connectivity index (χ3v) is 3.64. The quantitative estimate of drug-likeness (QED) is 0.693. The van der Waals surface area contributed by atoms with E-state index in [-0.39, 0.29) is 30.1 Å². The van der Waals surface area contributed by atoms with Gasteiger partial charge in [0.1, 0.15) is 6.10 Å². The van der Waals surface area contributed by atoms with Gasteiger partial charge in [-0.1, -0.05) is 0 Å². The van der Waals surface area contributed by atoms with Gasteiger partial charge in [-0.25, -0.2) is 0 Å². The van der Waals surface area contributed by atoms with Crippen LogP contribution in [0.25, 0.3) is 0 Å². The van der Waals surface area contributed by atoms with Gasteiger partial charge < -0.3 is 20.7 Å². The smallest absolute Gasteiger partial charge is 0.249 e. The summed E-state index contributed by atoms with van der Waals surface area (Å²) in [7, 11) is 1.76. The Morgan fingerprint density at radius 3 is 2.89 bits per heavy atom. The fourth-order valence-electron chi connectivity index (χ4n) is 2.50. The lowest BCUT2D eigenvalue weighted by molar-refractivity contribution is -0.137. The van der Waals surface area contributed by atoms with Crippen LogP contribution in [-0.2, 0) is 14.3 Å². The predicted octanol–water partition coefficient (Wildman–Crippen LogP) is -0.770. The van der Waals surface area contributed by atoms with Gasteiger partial charge in [0.2, 0.25) is 11.8 Å². The average Bonchev–Trinajstić information content (AvgIpc) is 2.82. The standard InChI is InChI=1S/C12H21N3O3/c1-15-7-8(2-5-11(15)16)14-12(17)10-4-3-9(6-13)18-10/h8-10H,2-7,13H2,1H3,(H,14,17)/t8?,9-,10+/m1/s1. The molecule has 2 saturated heterocycles. The minimum atomic E-state index is -0.374. The molecule has 0 saturated carbocycles. The van der Waals surface area contributed by atoms with Crippen LogP contribution in [0.15, 0.2) is 0 Å². The first-order chi connectivity index (χ1) is 8.60. The topological polar surface area (TPSA) is 84.7 Å². The molecule has 18 heavy (non-hydrogen) atoms. The lowest BCUT2D eigenvalue weighted by atomic mass is 10.1. The largest absolute Gasteiger partial charge is 0.364 e. The highest BCUT2D eigenvalue weighted by molar-refractivity contribution is 5.82. The number of piperidine rings is 1. The van der Waals surface area contributed by atoms with Crippen molar-refractivity contribution in [3.05, 3.63) is 0 Å². The van der Waals surface area contributed by atoms with E-state index < -0.39 is 0 Å². The summed E-state index contributed by atoms with van der Waals surface area (Å²) in [4.78, 5) is 25.0. The minimum Gasteiger partial charge on any atom is -0.364 e. The van der Waals surface area contributed by atoms with Crippen LogP contribution in [0.5, 0.6) is 0 Å². The summed E-state index contributed by atoms with van der Waals surface area (Å²) in [5, 5.41) is 2.96. The Hall–Kier alpha value is -1.14. The molecular formula is C12H21N3O3. The minimum absolute atomic E-state index is 0.0105. The first kappa shape index (κ1) is 13.3. The number of hydrogen-bond acceptors (Lipinski definition) is 4. The lowest BCUT2D eigenvalue weighted by Gasteiger charge is -2.30. The molecule has 1 unspecified atom stereocenters. The van der Waals surface area contributed by atoms with Gasteiger partial charge in [0.05, 0.1) is 6.10 Å². The zero-order valence-corrected chi connectivity index (χ0v) is 10.7. The molecule has 2 amide bonds. The monoisotopic (exact) mass is 255 g/mol.